The van der Waals surface area contributed by atoms with Crippen molar-refractivity contribution < 1.29 is 28.6 Å². The highest BCUT2D eigenvalue weighted by Gasteiger charge is 2.37. The Labute approximate surface area is 210 Å². The molecular formula is C28H32N2O6. The van der Waals surface area contributed by atoms with Crippen LogP contribution in [0.4, 0.5) is 4.79 Å². The highest BCUT2D eigenvalue weighted by atomic mass is 16.6. The molecule has 8 nitrogen and oxygen atoms in total. The zero-order valence-corrected chi connectivity index (χ0v) is 20.7. The number of hydrogen-bond donors (Lipinski definition) is 1. The van der Waals surface area contributed by atoms with E-state index < -0.39 is 5.97 Å². The molecule has 2 heterocycles. The van der Waals surface area contributed by atoms with Crippen LogP contribution < -0.4 is 4.74 Å². The molecule has 1 saturated heterocycles. The van der Waals surface area contributed by atoms with E-state index in [1.165, 1.54) is 0 Å². The quantitative estimate of drug-likeness (QED) is 0.425. The molecule has 4 rings (SSSR count). The minimum Gasteiger partial charge on any atom is -0.493 e. The van der Waals surface area contributed by atoms with E-state index in [1.54, 1.807) is 11.8 Å². The fourth-order valence-corrected chi connectivity index (χ4v) is 4.68. The lowest BCUT2D eigenvalue weighted by Gasteiger charge is -2.17. The number of hydrogen-bond acceptors (Lipinski definition) is 6. The van der Waals surface area contributed by atoms with Crippen LogP contribution >= 0.6 is 0 Å². The molecule has 1 amide bonds. The van der Waals surface area contributed by atoms with Crippen LogP contribution in [0.15, 0.2) is 59.0 Å². The highest BCUT2D eigenvalue weighted by molar-refractivity contribution is 5.69. The number of amides is 1. The minimum atomic E-state index is -0.855. The summed E-state index contributed by atoms with van der Waals surface area (Å²) in [5.74, 6) is 1.19. The van der Waals surface area contributed by atoms with Gasteiger partial charge in [0.25, 0.3) is 0 Å². The first-order valence-corrected chi connectivity index (χ1v) is 12.3. The molecule has 0 spiro atoms. The van der Waals surface area contributed by atoms with Crippen molar-refractivity contribution in [1.82, 2.24) is 9.88 Å². The van der Waals surface area contributed by atoms with Gasteiger partial charge in [0.05, 0.1) is 25.3 Å². The highest BCUT2D eigenvalue weighted by Crippen LogP contribution is 2.31. The first-order valence-electron chi connectivity index (χ1n) is 12.3. The molecule has 8 heteroatoms. The molecule has 0 bridgehead atoms. The van der Waals surface area contributed by atoms with Gasteiger partial charge in [-0.25, -0.2) is 9.78 Å². The zero-order valence-electron chi connectivity index (χ0n) is 20.7. The van der Waals surface area contributed by atoms with E-state index >= 15 is 0 Å². The second-order valence-corrected chi connectivity index (χ2v) is 9.06. The van der Waals surface area contributed by atoms with Gasteiger partial charge in [-0.05, 0) is 61.9 Å². The number of oxazole rings is 1. The third kappa shape index (κ3) is 6.44. The Bertz CT molecular complexity index is 1180. The van der Waals surface area contributed by atoms with Gasteiger partial charge < -0.3 is 23.9 Å². The summed E-state index contributed by atoms with van der Waals surface area (Å²) in [6.45, 7) is 5.30. The Morgan fingerprint density at radius 2 is 1.89 bits per heavy atom. The summed E-state index contributed by atoms with van der Waals surface area (Å²) in [7, 11) is 0. The number of likely N-dealkylation sites (tertiary alicyclic amines) is 1. The van der Waals surface area contributed by atoms with E-state index in [0.717, 1.165) is 28.3 Å². The molecule has 0 unspecified atom stereocenters. The van der Waals surface area contributed by atoms with Crippen LogP contribution in [0.2, 0.25) is 0 Å². The van der Waals surface area contributed by atoms with E-state index in [9.17, 15) is 14.7 Å². The van der Waals surface area contributed by atoms with Crippen LogP contribution in [0, 0.1) is 18.8 Å². The molecule has 1 aliphatic heterocycles. The van der Waals surface area contributed by atoms with Gasteiger partial charge in [0.1, 0.15) is 11.5 Å². The lowest BCUT2D eigenvalue weighted by molar-refractivity contribution is -0.138. The molecule has 0 aliphatic carbocycles. The molecule has 0 saturated carbocycles. The Balaban J connectivity index is 1.35. The number of rotatable bonds is 10. The average Bonchev–Trinajstić information content (AvgIpc) is 3.43. The number of nitrogens with zero attached hydrogens (tertiary/aromatic N) is 2. The summed E-state index contributed by atoms with van der Waals surface area (Å²) in [5, 5.41) is 9.34. The summed E-state index contributed by atoms with van der Waals surface area (Å²) < 4.78 is 17.0. The largest absolute Gasteiger partial charge is 0.493 e. The second kappa shape index (κ2) is 11.7. The molecule has 1 N–H and O–H groups in total. The Morgan fingerprint density at radius 3 is 2.64 bits per heavy atom. The number of carbonyl (C=O) groups excluding carboxylic acids is 1. The summed E-state index contributed by atoms with van der Waals surface area (Å²) in [6.07, 6.45) is 0.919. The standard InChI is InChI=1S/C28H32N2O6/c1-3-34-28(33)30-17-22(23(18-30)16-26(31)32)14-20-8-7-11-24(15-20)35-13-12-25-19(2)36-27(29-25)21-9-5-4-6-10-21/h4-11,15,22-23H,3,12-14,16-18H2,1-2H3,(H,31,32)/t22-,23-/m0/s1. The molecule has 2 aromatic carbocycles. The van der Waals surface area contributed by atoms with Crippen molar-refractivity contribution in [2.24, 2.45) is 11.8 Å². The van der Waals surface area contributed by atoms with Gasteiger partial charge in [-0.1, -0.05) is 30.3 Å². The van der Waals surface area contributed by atoms with Crippen LogP contribution in [0.1, 0.15) is 30.4 Å². The van der Waals surface area contributed by atoms with Gasteiger partial charge in [0.2, 0.25) is 5.89 Å². The number of aryl methyl sites for hydroxylation is 1. The summed E-state index contributed by atoms with van der Waals surface area (Å²) in [4.78, 5) is 29.8. The van der Waals surface area contributed by atoms with E-state index in [0.29, 0.717) is 45.0 Å². The van der Waals surface area contributed by atoms with E-state index in [-0.39, 0.29) is 24.3 Å². The maximum Gasteiger partial charge on any atom is 0.409 e. The summed E-state index contributed by atoms with van der Waals surface area (Å²) in [6, 6.07) is 17.6. The first kappa shape index (κ1) is 25.3. The summed E-state index contributed by atoms with van der Waals surface area (Å²) in [5.41, 5.74) is 2.85. The van der Waals surface area contributed by atoms with Crippen LogP contribution in [0.25, 0.3) is 11.5 Å². The number of ether oxygens (including phenoxy) is 2. The normalized spacial score (nSPS) is 17.2. The molecular weight excluding hydrogens is 460 g/mol. The third-order valence-corrected chi connectivity index (χ3v) is 6.46. The fourth-order valence-electron chi connectivity index (χ4n) is 4.68. The Morgan fingerprint density at radius 1 is 1.11 bits per heavy atom. The molecule has 2 atom stereocenters. The van der Waals surface area contributed by atoms with Gasteiger partial charge in [-0.2, -0.15) is 0 Å². The predicted octanol–water partition coefficient (Wildman–Crippen LogP) is 4.99. The van der Waals surface area contributed by atoms with Crippen molar-refractivity contribution in [2.45, 2.75) is 33.1 Å². The van der Waals surface area contributed by atoms with Crippen molar-refractivity contribution in [3.05, 3.63) is 71.6 Å². The number of carbonyl (C=O) groups is 2. The van der Waals surface area contributed by atoms with E-state index in [1.807, 2.05) is 61.5 Å². The molecule has 3 aromatic rings. The number of aromatic nitrogens is 1. The molecule has 1 fully saturated rings. The number of benzene rings is 2. The van der Waals surface area contributed by atoms with Crippen LogP contribution in [0.5, 0.6) is 5.75 Å². The maximum absolute atomic E-state index is 12.2. The van der Waals surface area contributed by atoms with Gasteiger partial charge >= 0.3 is 12.1 Å². The molecule has 1 aromatic heterocycles. The average molecular weight is 493 g/mol. The minimum absolute atomic E-state index is 0.0266. The molecule has 0 radical (unpaired) electrons. The number of aliphatic carboxylic acids is 1. The van der Waals surface area contributed by atoms with Crippen molar-refractivity contribution in [3.63, 3.8) is 0 Å². The van der Waals surface area contributed by atoms with Crippen LogP contribution in [-0.4, -0.2) is 53.4 Å². The fraction of sp³-hybridized carbons (Fsp3) is 0.393. The maximum atomic E-state index is 12.2. The van der Waals surface area contributed by atoms with E-state index in [2.05, 4.69) is 4.98 Å². The van der Waals surface area contributed by atoms with Crippen molar-refractivity contribution in [1.29, 1.82) is 0 Å². The van der Waals surface area contributed by atoms with Gasteiger partial charge in [0, 0.05) is 25.1 Å². The van der Waals surface area contributed by atoms with Crippen molar-refractivity contribution in [2.75, 3.05) is 26.3 Å². The second-order valence-electron chi connectivity index (χ2n) is 9.06. The number of carboxylic acid groups (broad SMARTS) is 1. The molecule has 190 valence electrons. The lowest BCUT2D eigenvalue weighted by Crippen LogP contribution is -2.29. The first-order chi connectivity index (χ1) is 17.4. The monoisotopic (exact) mass is 492 g/mol. The van der Waals surface area contributed by atoms with Crippen LogP contribution in [-0.2, 0) is 22.4 Å². The Kier molecular flexibility index (Phi) is 8.25. The van der Waals surface area contributed by atoms with Crippen molar-refractivity contribution >= 4 is 12.1 Å². The Hall–Kier alpha value is -3.81. The molecule has 36 heavy (non-hydrogen) atoms. The van der Waals surface area contributed by atoms with Crippen LogP contribution in [0.3, 0.4) is 0 Å². The SMILES string of the molecule is CCOC(=O)N1C[C@H](CC(=O)O)[C@@H](Cc2cccc(OCCc3nc(-c4ccccc4)oc3C)c2)C1. The van der Waals surface area contributed by atoms with E-state index in [4.69, 9.17) is 13.9 Å². The zero-order chi connectivity index (χ0) is 25.5. The molecule has 1 aliphatic rings. The van der Waals surface area contributed by atoms with Gasteiger partial charge in [-0.3, -0.25) is 4.79 Å². The number of carboxylic acids is 1. The third-order valence-electron chi connectivity index (χ3n) is 6.46. The van der Waals surface area contributed by atoms with Gasteiger partial charge in [-0.15, -0.1) is 0 Å². The van der Waals surface area contributed by atoms with Crippen molar-refractivity contribution in [3.8, 4) is 17.2 Å². The topological polar surface area (TPSA) is 102 Å². The summed E-state index contributed by atoms with van der Waals surface area (Å²) >= 11 is 0. The smallest absolute Gasteiger partial charge is 0.409 e. The van der Waals surface area contributed by atoms with Gasteiger partial charge in [0.15, 0.2) is 0 Å². The predicted molar refractivity (Wildman–Crippen MR) is 134 cm³/mol. The lowest BCUT2D eigenvalue weighted by atomic mass is 9.87.